The molecule has 1 aromatic rings. The summed E-state index contributed by atoms with van der Waals surface area (Å²) in [5, 5.41) is 4.69. The zero-order chi connectivity index (χ0) is 18.1. The Labute approximate surface area is 149 Å². The SMILES string of the molecule is C=CCN(CCC(=O)NC(=O)NC)[C@H]1CCN(Cc2ccccc2)C1. The molecular formula is C19H28N4O2. The molecule has 6 nitrogen and oxygen atoms in total. The number of nitrogens with zero attached hydrogens (tertiary/aromatic N) is 2. The minimum atomic E-state index is -0.463. The first-order valence-electron chi connectivity index (χ1n) is 8.75. The van der Waals surface area contributed by atoms with E-state index in [4.69, 9.17) is 0 Å². The van der Waals surface area contributed by atoms with Crippen LogP contribution in [-0.4, -0.2) is 61.0 Å². The fraction of sp³-hybridized carbons (Fsp3) is 0.474. The van der Waals surface area contributed by atoms with E-state index in [9.17, 15) is 9.59 Å². The predicted molar refractivity (Wildman–Crippen MR) is 99.1 cm³/mol. The fourth-order valence-electron chi connectivity index (χ4n) is 3.18. The Kier molecular flexibility index (Phi) is 7.63. The molecule has 1 atom stereocenters. The van der Waals surface area contributed by atoms with Crippen LogP contribution in [0, 0.1) is 0 Å². The summed E-state index contributed by atoms with van der Waals surface area (Å²) in [5.41, 5.74) is 1.32. The Morgan fingerprint density at radius 2 is 2.12 bits per heavy atom. The highest BCUT2D eigenvalue weighted by Crippen LogP contribution is 2.18. The molecule has 0 aliphatic carbocycles. The molecule has 0 aromatic heterocycles. The van der Waals surface area contributed by atoms with Crippen LogP contribution in [0.4, 0.5) is 4.79 Å². The van der Waals surface area contributed by atoms with Gasteiger partial charge in [0.1, 0.15) is 0 Å². The molecule has 1 fully saturated rings. The molecule has 0 bridgehead atoms. The van der Waals surface area contributed by atoms with Gasteiger partial charge < -0.3 is 5.32 Å². The van der Waals surface area contributed by atoms with Gasteiger partial charge in [-0.25, -0.2) is 4.79 Å². The number of urea groups is 1. The zero-order valence-corrected chi connectivity index (χ0v) is 14.9. The van der Waals surface area contributed by atoms with Crippen LogP contribution in [0.25, 0.3) is 0 Å². The first-order chi connectivity index (χ1) is 12.1. The second-order valence-electron chi connectivity index (χ2n) is 6.32. The number of rotatable bonds is 8. The van der Waals surface area contributed by atoms with Crippen LogP contribution in [0.3, 0.4) is 0 Å². The Hall–Kier alpha value is -2.18. The van der Waals surface area contributed by atoms with Crippen molar-refractivity contribution >= 4 is 11.9 Å². The van der Waals surface area contributed by atoms with Gasteiger partial charge >= 0.3 is 6.03 Å². The van der Waals surface area contributed by atoms with Crippen molar-refractivity contribution in [3.63, 3.8) is 0 Å². The number of hydrogen-bond acceptors (Lipinski definition) is 4. The van der Waals surface area contributed by atoms with E-state index in [0.717, 1.165) is 32.6 Å². The Morgan fingerprint density at radius 1 is 1.36 bits per heavy atom. The van der Waals surface area contributed by atoms with E-state index in [2.05, 4.69) is 51.3 Å². The minimum absolute atomic E-state index is 0.257. The lowest BCUT2D eigenvalue weighted by Crippen LogP contribution is -2.42. The first-order valence-corrected chi connectivity index (χ1v) is 8.75. The number of carbonyl (C=O) groups excluding carboxylic acids is 2. The van der Waals surface area contributed by atoms with E-state index < -0.39 is 6.03 Å². The van der Waals surface area contributed by atoms with E-state index in [1.165, 1.54) is 12.6 Å². The molecule has 6 heteroatoms. The van der Waals surface area contributed by atoms with Gasteiger partial charge in [-0.3, -0.25) is 19.9 Å². The van der Waals surface area contributed by atoms with Gasteiger partial charge in [-0.1, -0.05) is 36.4 Å². The van der Waals surface area contributed by atoms with Crippen molar-refractivity contribution in [3.05, 3.63) is 48.6 Å². The van der Waals surface area contributed by atoms with Crippen LogP contribution < -0.4 is 10.6 Å². The fourth-order valence-corrected chi connectivity index (χ4v) is 3.18. The maximum Gasteiger partial charge on any atom is 0.321 e. The van der Waals surface area contributed by atoms with E-state index in [1.807, 2.05) is 12.1 Å². The molecule has 2 rings (SSSR count). The van der Waals surface area contributed by atoms with E-state index in [1.54, 1.807) is 0 Å². The molecule has 25 heavy (non-hydrogen) atoms. The predicted octanol–water partition coefficient (Wildman–Crippen LogP) is 1.59. The number of carbonyl (C=O) groups is 2. The van der Waals surface area contributed by atoms with Gasteiger partial charge in [0.2, 0.25) is 5.91 Å². The Balaban J connectivity index is 1.82. The summed E-state index contributed by atoms with van der Waals surface area (Å²) in [6, 6.07) is 10.4. The van der Waals surface area contributed by atoms with Gasteiger partial charge in [-0.15, -0.1) is 6.58 Å². The Morgan fingerprint density at radius 3 is 2.80 bits per heavy atom. The van der Waals surface area contributed by atoms with Gasteiger partial charge in [-0.05, 0) is 12.0 Å². The average Bonchev–Trinajstić information content (AvgIpc) is 3.07. The van der Waals surface area contributed by atoms with Crippen LogP contribution >= 0.6 is 0 Å². The van der Waals surface area contributed by atoms with Crippen LogP contribution in [0.1, 0.15) is 18.4 Å². The quantitative estimate of drug-likeness (QED) is 0.703. The van der Waals surface area contributed by atoms with Crippen LogP contribution in [0.5, 0.6) is 0 Å². The molecule has 2 N–H and O–H groups in total. The monoisotopic (exact) mass is 344 g/mol. The number of amides is 3. The largest absolute Gasteiger partial charge is 0.341 e. The minimum Gasteiger partial charge on any atom is -0.341 e. The first kappa shape index (κ1) is 19.1. The van der Waals surface area contributed by atoms with Crippen molar-refractivity contribution in [2.24, 2.45) is 0 Å². The van der Waals surface area contributed by atoms with Gasteiger partial charge in [0.05, 0.1) is 0 Å². The maximum absolute atomic E-state index is 11.8. The highest BCUT2D eigenvalue weighted by Gasteiger charge is 2.27. The highest BCUT2D eigenvalue weighted by molar-refractivity contribution is 5.94. The summed E-state index contributed by atoms with van der Waals surface area (Å²) < 4.78 is 0. The average molecular weight is 344 g/mol. The molecule has 0 unspecified atom stereocenters. The van der Waals surface area contributed by atoms with Gasteiger partial charge in [0.15, 0.2) is 0 Å². The lowest BCUT2D eigenvalue weighted by molar-refractivity contribution is -0.120. The summed E-state index contributed by atoms with van der Waals surface area (Å²) in [6.07, 6.45) is 3.25. The van der Waals surface area contributed by atoms with E-state index in [0.29, 0.717) is 19.0 Å². The Bertz CT molecular complexity index is 576. The van der Waals surface area contributed by atoms with E-state index in [-0.39, 0.29) is 5.91 Å². The molecule has 0 radical (unpaired) electrons. The number of nitrogens with one attached hydrogen (secondary N) is 2. The molecular weight excluding hydrogens is 316 g/mol. The van der Waals surface area contributed by atoms with Gasteiger partial charge in [0, 0.05) is 52.2 Å². The second kappa shape index (κ2) is 9.96. The molecule has 136 valence electrons. The van der Waals surface area contributed by atoms with Crippen molar-refractivity contribution in [1.82, 2.24) is 20.4 Å². The molecule has 1 saturated heterocycles. The third-order valence-electron chi connectivity index (χ3n) is 4.48. The molecule has 3 amide bonds. The smallest absolute Gasteiger partial charge is 0.321 e. The summed E-state index contributed by atoms with van der Waals surface area (Å²) in [7, 11) is 1.49. The third kappa shape index (κ3) is 6.32. The third-order valence-corrected chi connectivity index (χ3v) is 4.48. The van der Waals surface area contributed by atoms with E-state index >= 15 is 0 Å². The molecule has 1 aromatic carbocycles. The lowest BCUT2D eigenvalue weighted by Gasteiger charge is -2.27. The van der Waals surface area contributed by atoms with Gasteiger partial charge in [-0.2, -0.15) is 0 Å². The van der Waals surface area contributed by atoms with Gasteiger partial charge in [0.25, 0.3) is 0 Å². The van der Waals surface area contributed by atoms with Crippen molar-refractivity contribution in [1.29, 1.82) is 0 Å². The number of imide groups is 1. The molecule has 1 aliphatic heterocycles. The van der Waals surface area contributed by atoms with Crippen molar-refractivity contribution in [2.75, 3.05) is 33.2 Å². The number of likely N-dealkylation sites (tertiary alicyclic amines) is 1. The summed E-state index contributed by atoms with van der Waals surface area (Å²) in [6.45, 7) is 8.19. The molecule has 1 heterocycles. The summed E-state index contributed by atoms with van der Waals surface area (Å²) in [4.78, 5) is 27.7. The van der Waals surface area contributed by atoms with Crippen molar-refractivity contribution < 1.29 is 9.59 Å². The maximum atomic E-state index is 11.8. The summed E-state index contributed by atoms with van der Waals surface area (Å²) >= 11 is 0. The van der Waals surface area contributed by atoms with Crippen molar-refractivity contribution in [3.8, 4) is 0 Å². The standard InChI is InChI=1S/C19H28N4O2/c1-3-11-23(13-10-18(24)21-19(25)20-2)17-9-12-22(15-17)14-16-7-5-4-6-8-16/h3-8,17H,1,9-15H2,2H3,(H2,20,21,24,25)/t17-/m0/s1. The lowest BCUT2D eigenvalue weighted by atomic mass is 10.2. The van der Waals surface area contributed by atoms with Crippen LogP contribution in [0.2, 0.25) is 0 Å². The molecule has 1 aliphatic rings. The zero-order valence-electron chi connectivity index (χ0n) is 14.9. The topological polar surface area (TPSA) is 64.7 Å². The number of hydrogen-bond donors (Lipinski definition) is 2. The normalized spacial score (nSPS) is 17.4. The second-order valence-corrected chi connectivity index (χ2v) is 6.32. The number of benzene rings is 1. The highest BCUT2D eigenvalue weighted by atomic mass is 16.2. The summed E-state index contributed by atoms with van der Waals surface area (Å²) in [5.74, 6) is -0.257. The molecule has 0 spiro atoms. The molecule has 0 saturated carbocycles. The van der Waals surface area contributed by atoms with Crippen LogP contribution in [0.15, 0.2) is 43.0 Å². The van der Waals surface area contributed by atoms with Crippen LogP contribution in [-0.2, 0) is 11.3 Å². The van der Waals surface area contributed by atoms with Crippen molar-refractivity contribution in [2.45, 2.75) is 25.4 Å².